The van der Waals surface area contributed by atoms with Gasteiger partial charge in [-0.05, 0) is 68.8 Å². The Morgan fingerprint density at radius 3 is 2.67 bits per heavy atom. The van der Waals surface area contributed by atoms with Crippen LogP contribution in [0, 0.1) is 24.5 Å². The van der Waals surface area contributed by atoms with Crippen molar-refractivity contribution in [3.63, 3.8) is 0 Å². The summed E-state index contributed by atoms with van der Waals surface area (Å²) in [5.41, 5.74) is 1.10. The lowest BCUT2D eigenvalue weighted by molar-refractivity contribution is 0.0931. The highest BCUT2D eigenvalue weighted by Crippen LogP contribution is 2.41. The number of hydrogen-bond acceptors (Lipinski definition) is 3. The molecule has 0 unspecified atom stereocenters. The Hall–Kier alpha value is -3.06. The summed E-state index contributed by atoms with van der Waals surface area (Å²) >= 11 is 0. The van der Waals surface area contributed by atoms with Gasteiger partial charge in [-0.15, -0.1) is 0 Å². The van der Waals surface area contributed by atoms with Crippen LogP contribution in [0.4, 0.5) is 8.78 Å². The first-order valence-corrected chi connectivity index (χ1v) is 11.6. The lowest BCUT2D eigenvalue weighted by Crippen LogP contribution is -2.37. The normalized spacial score (nSPS) is 19.1. The Morgan fingerprint density at radius 2 is 1.97 bits per heavy atom. The molecule has 2 atom stereocenters. The third-order valence-corrected chi connectivity index (χ3v) is 6.89. The van der Waals surface area contributed by atoms with Crippen LogP contribution in [0.3, 0.4) is 0 Å². The summed E-state index contributed by atoms with van der Waals surface area (Å²) in [6, 6.07) is 10.4. The molecule has 1 aliphatic carbocycles. The number of pyridine rings is 1. The van der Waals surface area contributed by atoms with Crippen LogP contribution in [0.1, 0.15) is 53.3 Å². The van der Waals surface area contributed by atoms with Crippen molar-refractivity contribution in [3.05, 3.63) is 81.3 Å². The summed E-state index contributed by atoms with van der Waals surface area (Å²) < 4.78 is 30.2. The Bertz CT molecular complexity index is 1280. The van der Waals surface area contributed by atoms with Crippen molar-refractivity contribution >= 4 is 16.7 Å². The van der Waals surface area contributed by atoms with Crippen molar-refractivity contribution < 1.29 is 13.6 Å². The second-order valence-corrected chi connectivity index (χ2v) is 9.18. The number of nitrogens with one attached hydrogen (secondary N) is 2. The van der Waals surface area contributed by atoms with E-state index in [1.54, 1.807) is 19.1 Å². The number of rotatable bonds is 6. The SMILES string of the molecule is Cc1c(C(=O)N[C@H](c2cccc(F)c2)C2CC2)c2cccc(F)c2c(=O)n1C[C@H]1CCCN1. The van der Waals surface area contributed by atoms with E-state index in [-0.39, 0.29) is 35.1 Å². The molecular formula is C26H27F2N3O2. The van der Waals surface area contributed by atoms with E-state index in [2.05, 4.69) is 10.6 Å². The molecule has 0 bridgehead atoms. The van der Waals surface area contributed by atoms with E-state index in [1.807, 2.05) is 6.07 Å². The summed E-state index contributed by atoms with van der Waals surface area (Å²) in [6.07, 6.45) is 3.84. The molecule has 0 spiro atoms. The smallest absolute Gasteiger partial charge is 0.261 e. The third kappa shape index (κ3) is 4.17. The molecule has 1 amide bonds. The minimum Gasteiger partial charge on any atom is -0.345 e. The lowest BCUT2D eigenvalue weighted by atomic mass is 9.99. The molecule has 172 valence electrons. The number of aromatic nitrogens is 1. The average molecular weight is 452 g/mol. The van der Waals surface area contributed by atoms with Crippen molar-refractivity contribution in [3.8, 4) is 0 Å². The van der Waals surface area contributed by atoms with Crippen LogP contribution >= 0.6 is 0 Å². The number of benzene rings is 2. The van der Waals surface area contributed by atoms with Gasteiger partial charge in [0.2, 0.25) is 0 Å². The molecule has 0 radical (unpaired) electrons. The summed E-state index contributed by atoms with van der Waals surface area (Å²) in [5, 5.41) is 6.67. The quantitative estimate of drug-likeness (QED) is 0.590. The highest BCUT2D eigenvalue weighted by molar-refractivity contribution is 6.08. The molecule has 5 rings (SSSR count). The molecule has 3 aromatic rings. The van der Waals surface area contributed by atoms with E-state index in [1.165, 1.54) is 28.8 Å². The number of hydrogen-bond donors (Lipinski definition) is 2. The van der Waals surface area contributed by atoms with Crippen molar-refractivity contribution in [2.45, 2.75) is 51.2 Å². The zero-order valence-corrected chi connectivity index (χ0v) is 18.5. The standard InChI is InChI=1S/C26H27F2N3O2/c1-15-22(25(32)30-24(16-10-11-16)17-5-2-6-18(27)13-17)20-8-3-9-21(28)23(20)26(33)31(15)14-19-7-4-12-29-19/h2-3,5-6,8-9,13,16,19,24,29H,4,7,10-12,14H2,1H3,(H,30,32)/t19-,24+/m1/s1. The monoisotopic (exact) mass is 451 g/mol. The van der Waals surface area contributed by atoms with E-state index in [0.717, 1.165) is 32.2 Å². The van der Waals surface area contributed by atoms with Gasteiger partial charge in [0.05, 0.1) is 17.0 Å². The number of fused-ring (bicyclic) bond motifs is 1. The van der Waals surface area contributed by atoms with Crippen LogP contribution < -0.4 is 16.2 Å². The number of carbonyl (C=O) groups is 1. The molecule has 1 aromatic heterocycles. The van der Waals surface area contributed by atoms with Gasteiger partial charge in [0.1, 0.15) is 11.6 Å². The van der Waals surface area contributed by atoms with Gasteiger partial charge in [0.15, 0.2) is 0 Å². The zero-order chi connectivity index (χ0) is 23.1. The van der Waals surface area contributed by atoms with Gasteiger partial charge >= 0.3 is 0 Å². The Kier molecular flexibility index (Phi) is 5.74. The number of carbonyl (C=O) groups excluding carboxylic acids is 1. The fraction of sp³-hybridized carbons (Fsp3) is 0.385. The second-order valence-electron chi connectivity index (χ2n) is 9.18. The van der Waals surface area contributed by atoms with Gasteiger partial charge in [-0.3, -0.25) is 9.59 Å². The fourth-order valence-corrected chi connectivity index (χ4v) is 5.02. The molecule has 7 heteroatoms. The van der Waals surface area contributed by atoms with Gasteiger partial charge < -0.3 is 15.2 Å². The molecule has 5 nitrogen and oxygen atoms in total. The van der Waals surface area contributed by atoms with E-state index in [4.69, 9.17) is 0 Å². The molecule has 1 aliphatic heterocycles. The summed E-state index contributed by atoms with van der Waals surface area (Å²) in [7, 11) is 0. The first kappa shape index (κ1) is 21.8. The molecule has 2 heterocycles. The highest BCUT2D eigenvalue weighted by atomic mass is 19.1. The maximum atomic E-state index is 14.8. The first-order chi connectivity index (χ1) is 15.9. The Labute approximate surface area is 190 Å². The van der Waals surface area contributed by atoms with Crippen LogP contribution in [-0.2, 0) is 6.54 Å². The van der Waals surface area contributed by atoms with E-state index < -0.39 is 11.4 Å². The number of halogens is 2. The van der Waals surface area contributed by atoms with E-state index in [0.29, 0.717) is 28.8 Å². The van der Waals surface area contributed by atoms with Gasteiger partial charge in [0, 0.05) is 23.7 Å². The topological polar surface area (TPSA) is 63.1 Å². The van der Waals surface area contributed by atoms with Crippen LogP contribution in [0.15, 0.2) is 47.3 Å². The number of nitrogens with zero attached hydrogens (tertiary/aromatic N) is 1. The molecule has 2 aromatic carbocycles. The summed E-state index contributed by atoms with van der Waals surface area (Å²) in [5.74, 6) is -1.14. The number of amides is 1. The van der Waals surface area contributed by atoms with E-state index in [9.17, 15) is 18.4 Å². The molecule has 1 saturated carbocycles. The maximum absolute atomic E-state index is 14.8. The largest absolute Gasteiger partial charge is 0.345 e. The predicted molar refractivity (Wildman–Crippen MR) is 123 cm³/mol. The first-order valence-electron chi connectivity index (χ1n) is 11.6. The fourth-order valence-electron chi connectivity index (χ4n) is 5.02. The van der Waals surface area contributed by atoms with Gasteiger partial charge in [-0.1, -0.05) is 24.3 Å². The molecule has 2 aliphatic rings. The molecule has 33 heavy (non-hydrogen) atoms. The average Bonchev–Trinajstić information content (AvgIpc) is 3.50. The van der Waals surface area contributed by atoms with Gasteiger partial charge in [0.25, 0.3) is 11.5 Å². The molecule has 2 fully saturated rings. The minimum absolute atomic E-state index is 0.0695. The highest BCUT2D eigenvalue weighted by Gasteiger charge is 2.35. The Morgan fingerprint density at radius 1 is 1.18 bits per heavy atom. The molecule has 1 saturated heterocycles. The van der Waals surface area contributed by atoms with Crippen molar-refractivity contribution in [1.82, 2.24) is 15.2 Å². The Balaban J connectivity index is 1.59. The van der Waals surface area contributed by atoms with Crippen LogP contribution in [0.25, 0.3) is 10.8 Å². The van der Waals surface area contributed by atoms with Crippen LogP contribution in [0.5, 0.6) is 0 Å². The predicted octanol–water partition coefficient (Wildman–Crippen LogP) is 4.22. The molecule has 2 N–H and O–H groups in total. The van der Waals surface area contributed by atoms with Crippen molar-refractivity contribution in [2.75, 3.05) is 6.54 Å². The lowest BCUT2D eigenvalue weighted by Gasteiger charge is -2.23. The van der Waals surface area contributed by atoms with E-state index >= 15 is 0 Å². The van der Waals surface area contributed by atoms with Crippen molar-refractivity contribution in [1.29, 1.82) is 0 Å². The third-order valence-electron chi connectivity index (χ3n) is 6.89. The zero-order valence-electron chi connectivity index (χ0n) is 18.5. The summed E-state index contributed by atoms with van der Waals surface area (Å²) in [6.45, 7) is 3.00. The van der Waals surface area contributed by atoms with Gasteiger partial charge in [-0.25, -0.2) is 8.78 Å². The molecular weight excluding hydrogens is 424 g/mol. The van der Waals surface area contributed by atoms with Gasteiger partial charge in [-0.2, -0.15) is 0 Å². The minimum atomic E-state index is -0.636. The van der Waals surface area contributed by atoms with Crippen molar-refractivity contribution in [2.24, 2.45) is 5.92 Å². The van der Waals surface area contributed by atoms with Crippen LogP contribution in [-0.4, -0.2) is 23.1 Å². The second kappa shape index (κ2) is 8.71. The summed E-state index contributed by atoms with van der Waals surface area (Å²) in [4.78, 5) is 26.9. The van der Waals surface area contributed by atoms with Crippen LogP contribution in [0.2, 0.25) is 0 Å². The maximum Gasteiger partial charge on any atom is 0.261 e.